The molecule has 0 saturated carbocycles. The molecule has 2 rings (SSSR count). The summed E-state index contributed by atoms with van der Waals surface area (Å²) in [5.74, 6) is -0.0265. The number of nitrogens with zero attached hydrogens (tertiary/aromatic N) is 1. The number of hydrogen-bond donors (Lipinski definition) is 1. The van der Waals surface area contributed by atoms with Crippen molar-refractivity contribution in [1.29, 1.82) is 0 Å². The normalized spacial score (nSPS) is 10.3. The van der Waals surface area contributed by atoms with Crippen molar-refractivity contribution in [3.05, 3.63) is 65.2 Å². The van der Waals surface area contributed by atoms with E-state index in [1.165, 1.54) is 5.56 Å². The van der Waals surface area contributed by atoms with Gasteiger partial charge in [-0.1, -0.05) is 36.8 Å². The van der Waals surface area contributed by atoms with Gasteiger partial charge in [-0.15, -0.1) is 0 Å². The lowest BCUT2D eigenvalue weighted by molar-refractivity contribution is -0.134. The highest BCUT2D eigenvalue weighted by Gasteiger charge is 2.14. The zero-order valence-corrected chi connectivity index (χ0v) is 14.7. The Bertz CT molecular complexity index is 709. The molecule has 25 heavy (non-hydrogen) atoms. The van der Waals surface area contributed by atoms with Crippen molar-refractivity contribution in [3.8, 4) is 5.75 Å². The molecule has 2 amide bonds. The van der Waals surface area contributed by atoms with Gasteiger partial charge in [0.15, 0.2) is 6.61 Å². The van der Waals surface area contributed by atoms with Crippen LogP contribution in [-0.2, 0) is 11.3 Å². The van der Waals surface area contributed by atoms with Crippen LogP contribution in [0.5, 0.6) is 5.75 Å². The monoisotopic (exact) mass is 340 g/mol. The van der Waals surface area contributed by atoms with Gasteiger partial charge in [-0.05, 0) is 43.2 Å². The number of benzene rings is 2. The van der Waals surface area contributed by atoms with Gasteiger partial charge in [0, 0.05) is 18.7 Å². The molecule has 0 aliphatic rings. The largest absolute Gasteiger partial charge is 0.484 e. The number of ether oxygens (including phenoxy) is 1. The molecule has 2 aromatic carbocycles. The summed E-state index contributed by atoms with van der Waals surface area (Å²) < 4.78 is 5.54. The first-order valence-corrected chi connectivity index (χ1v) is 8.35. The van der Waals surface area contributed by atoms with Crippen LogP contribution in [0.3, 0.4) is 0 Å². The number of aryl methyl sites for hydroxylation is 1. The van der Waals surface area contributed by atoms with Gasteiger partial charge in [-0.2, -0.15) is 0 Å². The molecule has 0 bridgehead atoms. The maximum Gasteiger partial charge on any atom is 0.260 e. The van der Waals surface area contributed by atoms with Gasteiger partial charge in [-0.25, -0.2) is 0 Å². The third-order valence-corrected chi connectivity index (χ3v) is 3.84. The number of amides is 2. The van der Waals surface area contributed by atoms with Crippen LogP contribution in [0, 0.1) is 6.92 Å². The van der Waals surface area contributed by atoms with Crippen LogP contribution in [0.2, 0.25) is 0 Å². The number of carbonyl (C=O) groups excluding carboxylic acids is 2. The minimum Gasteiger partial charge on any atom is -0.484 e. The summed E-state index contributed by atoms with van der Waals surface area (Å²) in [6.45, 7) is 5.28. The van der Waals surface area contributed by atoms with E-state index in [-0.39, 0.29) is 12.5 Å². The molecule has 0 aliphatic heterocycles. The Morgan fingerprint density at radius 1 is 1.04 bits per heavy atom. The van der Waals surface area contributed by atoms with E-state index in [1.807, 2.05) is 38.1 Å². The summed E-state index contributed by atoms with van der Waals surface area (Å²) in [6, 6.07) is 14.6. The molecule has 0 fully saturated rings. The van der Waals surface area contributed by atoms with E-state index in [0.29, 0.717) is 24.4 Å². The molecular formula is C20H24N2O3. The molecule has 0 aromatic heterocycles. The Balaban J connectivity index is 1.95. The maximum atomic E-state index is 12.5. The van der Waals surface area contributed by atoms with E-state index in [9.17, 15) is 9.59 Å². The van der Waals surface area contributed by atoms with Crippen LogP contribution in [0.4, 0.5) is 0 Å². The molecule has 0 unspecified atom stereocenters. The summed E-state index contributed by atoms with van der Waals surface area (Å²) in [7, 11) is 0. The van der Waals surface area contributed by atoms with Crippen LogP contribution in [0.15, 0.2) is 48.5 Å². The van der Waals surface area contributed by atoms with E-state index < -0.39 is 5.91 Å². The number of carbonyl (C=O) groups is 2. The molecule has 0 heterocycles. The standard InChI is InChI=1S/C20H24N2O3/c1-3-12-22(13-16-6-4-15(2)5-7-16)19(23)14-25-18-10-8-17(9-11-18)20(21)24/h4-11H,3,12-14H2,1-2H3,(H2,21,24). The van der Waals surface area contributed by atoms with Crippen molar-refractivity contribution < 1.29 is 14.3 Å². The second-order valence-electron chi connectivity index (χ2n) is 5.98. The molecule has 2 N–H and O–H groups in total. The van der Waals surface area contributed by atoms with Gasteiger partial charge in [0.2, 0.25) is 5.91 Å². The summed E-state index contributed by atoms with van der Waals surface area (Å²) in [4.78, 5) is 25.3. The predicted molar refractivity (Wildman–Crippen MR) is 97.3 cm³/mol. The van der Waals surface area contributed by atoms with Crippen molar-refractivity contribution in [2.24, 2.45) is 5.73 Å². The van der Waals surface area contributed by atoms with Crippen LogP contribution in [-0.4, -0.2) is 29.9 Å². The molecule has 2 aromatic rings. The van der Waals surface area contributed by atoms with Crippen LogP contribution >= 0.6 is 0 Å². The lowest BCUT2D eigenvalue weighted by Crippen LogP contribution is -2.35. The van der Waals surface area contributed by atoms with E-state index >= 15 is 0 Å². The van der Waals surface area contributed by atoms with Crippen molar-refractivity contribution in [2.45, 2.75) is 26.8 Å². The van der Waals surface area contributed by atoms with Crippen molar-refractivity contribution in [3.63, 3.8) is 0 Å². The smallest absolute Gasteiger partial charge is 0.260 e. The summed E-state index contributed by atoms with van der Waals surface area (Å²) in [5.41, 5.74) is 7.90. The van der Waals surface area contributed by atoms with Crippen LogP contribution < -0.4 is 10.5 Å². The molecule has 0 saturated heterocycles. The molecule has 0 spiro atoms. The Morgan fingerprint density at radius 2 is 1.68 bits per heavy atom. The van der Waals surface area contributed by atoms with Gasteiger partial charge in [0.25, 0.3) is 5.91 Å². The zero-order chi connectivity index (χ0) is 18.2. The van der Waals surface area contributed by atoms with E-state index in [1.54, 1.807) is 29.2 Å². The fourth-order valence-electron chi connectivity index (χ4n) is 2.43. The number of primary amides is 1. The fourth-order valence-corrected chi connectivity index (χ4v) is 2.43. The predicted octanol–water partition coefficient (Wildman–Crippen LogP) is 2.91. The third-order valence-electron chi connectivity index (χ3n) is 3.84. The number of hydrogen-bond acceptors (Lipinski definition) is 3. The molecule has 132 valence electrons. The fraction of sp³-hybridized carbons (Fsp3) is 0.300. The average Bonchev–Trinajstić information content (AvgIpc) is 2.61. The van der Waals surface area contributed by atoms with Crippen molar-refractivity contribution in [2.75, 3.05) is 13.2 Å². The molecule has 0 radical (unpaired) electrons. The van der Waals surface area contributed by atoms with Gasteiger partial charge in [0.1, 0.15) is 5.75 Å². The van der Waals surface area contributed by atoms with E-state index in [0.717, 1.165) is 12.0 Å². The molecule has 5 heteroatoms. The second kappa shape index (κ2) is 8.87. The number of rotatable bonds is 8. The summed E-state index contributed by atoms with van der Waals surface area (Å²) >= 11 is 0. The van der Waals surface area contributed by atoms with Crippen molar-refractivity contribution in [1.82, 2.24) is 4.90 Å². The van der Waals surface area contributed by atoms with Crippen molar-refractivity contribution >= 4 is 11.8 Å². The van der Waals surface area contributed by atoms with Gasteiger partial charge in [-0.3, -0.25) is 9.59 Å². The third kappa shape index (κ3) is 5.64. The second-order valence-corrected chi connectivity index (χ2v) is 5.98. The van der Waals surface area contributed by atoms with Gasteiger partial charge in [0.05, 0.1) is 0 Å². The first-order valence-electron chi connectivity index (χ1n) is 8.35. The lowest BCUT2D eigenvalue weighted by Gasteiger charge is -2.22. The minimum absolute atomic E-state index is 0.0399. The first-order chi connectivity index (χ1) is 12.0. The summed E-state index contributed by atoms with van der Waals surface area (Å²) in [5, 5.41) is 0. The highest BCUT2D eigenvalue weighted by atomic mass is 16.5. The average molecular weight is 340 g/mol. The zero-order valence-electron chi connectivity index (χ0n) is 14.7. The maximum absolute atomic E-state index is 12.5. The minimum atomic E-state index is -0.491. The van der Waals surface area contributed by atoms with Gasteiger partial charge < -0.3 is 15.4 Å². The molecule has 5 nitrogen and oxygen atoms in total. The quantitative estimate of drug-likeness (QED) is 0.803. The van der Waals surface area contributed by atoms with Crippen LogP contribution in [0.1, 0.15) is 34.8 Å². The molecule has 0 atom stereocenters. The first kappa shape index (κ1) is 18.5. The number of nitrogens with two attached hydrogens (primary N) is 1. The molecular weight excluding hydrogens is 316 g/mol. The molecule has 0 aliphatic carbocycles. The van der Waals surface area contributed by atoms with Crippen LogP contribution in [0.25, 0.3) is 0 Å². The van der Waals surface area contributed by atoms with E-state index in [4.69, 9.17) is 10.5 Å². The Morgan fingerprint density at radius 3 is 2.24 bits per heavy atom. The highest BCUT2D eigenvalue weighted by molar-refractivity contribution is 5.92. The lowest BCUT2D eigenvalue weighted by atomic mass is 10.1. The Labute approximate surface area is 148 Å². The Kier molecular flexibility index (Phi) is 6.57. The van der Waals surface area contributed by atoms with E-state index in [2.05, 4.69) is 0 Å². The van der Waals surface area contributed by atoms with Gasteiger partial charge >= 0.3 is 0 Å². The summed E-state index contributed by atoms with van der Waals surface area (Å²) in [6.07, 6.45) is 0.880. The highest BCUT2D eigenvalue weighted by Crippen LogP contribution is 2.13. The topological polar surface area (TPSA) is 72.6 Å². The SMILES string of the molecule is CCCN(Cc1ccc(C)cc1)C(=O)COc1ccc(C(N)=O)cc1. The Hall–Kier alpha value is -2.82.